The summed E-state index contributed by atoms with van der Waals surface area (Å²) in [5, 5.41) is 21.0. The lowest BCUT2D eigenvalue weighted by molar-refractivity contribution is -0.404. The summed E-state index contributed by atoms with van der Waals surface area (Å²) in [7, 11) is 0. The zero-order chi connectivity index (χ0) is 11.8. The molecule has 0 amide bonds. The van der Waals surface area contributed by atoms with Crippen LogP contribution in [0.1, 0.15) is 20.8 Å². The minimum atomic E-state index is -0.755. The van der Waals surface area contributed by atoms with Gasteiger partial charge in [0.25, 0.3) is 0 Å². The van der Waals surface area contributed by atoms with Gasteiger partial charge in [0.15, 0.2) is 6.20 Å². The van der Waals surface area contributed by atoms with Gasteiger partial charge in [-0.15, -0.1) is 0 Å². The van der Waals surface area contributed by atoms with Gasteiger partial charge in [-0.3, -0.25) is 0 Å². The summed E-state index contributed by atoms with van der Waals surface area (Å²) >= 11 is 0. The van der Waals surface area contributed by atoms with E-state index in [2.05, 4.69) is 4.98 Å². The number of aromatic nitrogens is 2. The van der Waals surface area contributed by atoms with Crippen molar-refractivity contribution < 1.29 is 9.85 Å². The summed E-state index contributed by atoms with van der Waals surface area (Å²) in [5.74, 6) is -1.04. The average Bonchev–Trinajstić information content (AvgIpc) is 2.45. The van der Waals surface area contributed by atoms with Crippen LogP contribution in [-0.2, 0) is 5.54 Å². The van der Waals surface area contributed by atoms with Crippen molar-refractivity contribution in [1.29, 1.82) is 0 Å². The fourth-order valence-electron chi connectivity index (χ4n) is 1.07. The van der Waals surface area contributed by atoms with E-state index in [0.29, 0.717) is 0 Å². The lowest BCUT2D eigenvalue weighted by Crippen LogP contribution is -2.22. The van der Waals surface area contributed by atoms with E-state index >= 15 is 0 Å². The third kappa shape index (κ3) is 2.09. The second kappa shape index (κ2) is 3.30. The molecule has 0 atom stereocenters. The van der Waals surface area contributed by atoms with Crippen LogP contribution in [0.15, 0.2) is 6.20 Å². The highest BCUT2D eigenvalue weighted by molar-refractivity contribution is 5.26. The molecular formula is C7H10N4O4. The SMILES string of the molecule is CC(C)(C)n1cc([N+](=O)[O-])nc1[N+](=O)[O-]. The van der Waals surface area contributed by atoms with Gasteiger partial charge in [0.05, 0.1) is 5.54 Å². The molecule has 0 unspecified atom stereocenters. The Morgan fingerprint density at radius 1 is 1.27 bits per heavy atom. The molecule has 1 rings (SSSR count). The summed E-state index contributed by atoms with van der Waals surface area (Å²) in [5.41, 5.74) is -0.621. The second-order valence-electron chi connectivity index (χ2n) is 3.95. The van der Waals surface area contributed by atoms with Gasteiger partial charge in [0.1, 0.15) is 0 Å². The maximum Gasteiger partial charge on any atom is 0.439 e. The van der Waals surface area contributed by atoms with Crippen LogP contribution in [0.4, 0.5) is 11.8 Å². The van der Waals surface area contributed by atoms with E-state index in [1.54, 1.807) is 20.8 Å². The number of nitrogens with zero attached hydrogens (tertiary/aromatic N) is 4. The predicted octanol–water partition coefficient (Wildman–Crippen LogP) is 1.45. The van der Waals surface area contributed by atoms with Crippen molar-refractivity contribution in [1.82, 2.24) is 9.55 Å². The van der Waals surface area contributed by atoms with E-state index in [0.717, 1.165) is 6.20 Å². The van der Waals surface area contributed by atoms with Crippen LogP contribution in [0.3, 0.4) is 0 Å². The Morgan fingerprint density at radius 2 is 1.80 bits per heavy atom. The standard InChI is InChI=1S/C7H10N4O4/c1-7(2,3)9-4-5(10(12)13)8-6(9)11(14)15/h4H,1-3H3. The minimum Gasteiger partial charge on any atom is -0.390 e. The first-order valence-electron chi connectivity index (χ1n) is 4.12. The summed E-state index contributed by atoms with van der Waals surface area (Å²) in [6, 6.07) is 0. The monoisotopic (exact) mass is 214 g/mol. The summed E-state index contributed by atoms with van der Waals surface area (Å²) in [6.07, 6.45) is 1.07. The highest BCUT2D eigenvalue weighted by atomic mass is 16.6. The molecular weight excluding hydrogens is 204 g/mol. The van der Waals surface area contributed by atoms with Gasteiger partial charge in [-0.2, -0.15) is 0 Å². The van der Waals surface area contributed by atoms with Gasteiger partial charge in [-0.25, -0.2) is 4.57 Å². The normalized spacial score (nSPS) is 11.4. The number of hydrogen-bond acceptors (Lipinski definition) is 5. The van der Waals surface area contributed by atoms with Crippen molar-refractivity contribution in [3.8, 4) is 0 Å². The third-order valence-corrected chi connectivity index (χ3v) is 1.75. The molecule has 0 N–H and O–H groups in total. The van der Waals surface area contributed by atoms with Crippen LogP contribution < -0.4 is 0 Å². The summed E-state index contributed by atoms with van der Waals surface area (Å²) < 4.78 is 1.17. The van der Waals surface area contributed by atoms with E-state index in [9.17, 15) is 20.2 Å². The topological polar surface area (TPSA) is 104 Å². The van der Waals surface area contributed by atoms with Gasteiger partial charge < -0.3 is 20.2 Å². The van der Waals surface area contributed by atoms with Crippen molar-refractivity contribution in [2.24, 2.45) is 0 Å². The molecule has 1 aromatic heterocycles. The van der Waals surface area contributed by atoms with Crippen molar-refractivity contribution in [3.63, 3.8) is 0 Å². The maximum atomic E-state index is 10.6. The molecule has 15 heavy (non-hydrogen) atoms. The molecule has 8 heteroatoms. The lowest BCUT2D eigenvalue weighted by Gasteiger charge is -2.16. The molecule has 1 heterocycles. The summed E-state index contributed by atoms with van der Waals surface area (Å²) in [6.45, 7) is 5.10. The van der Waals surface area contributed by atoms with E-state index < -0.39 is 27.2 Å². The minimum absolute atomic E-state index is 0.517. The van der Waals surface area contributed by atoms with E-state index in [4.69, 9.17) is 0 Å². The molecule has 0 saturated heterocycles. The third-order valence-electron chi connectivity index (χ3n) is 1.75. The molecule has 0 fully saturated rings. The second-order valence-corrected chi connectivity index (χ2v) is 3.95. The fraction of sp³-hybridized carbons (Fsp3) is 0.571. The zero-order valence-corrected chi connectivity index (χ0v) is 8.50. The fourth-order valence-corrected chi connectivity index (χ4v) is 1.07. The Labute approximate surface area is 84.8 Å². The van der Waals surface area contributed by atoms with Crippen LogP contribution in [-0.4, -0.2) is 19.4 Å². The first-order valence-corrected chi connectivity index (χ1v) is 4.12. The number of hydrogen-bond donors (Lipinski definition) is 0. The van der Waals surface area contributed by atoms with Crippen molar-refractivity contribution in [2.45, 2.75) is 26.3 Å². The molecule has 8 nitrogen and oxygen atoms in total. The molecule has 0 bridgehead atoms. The molecule has 0 spiro atoms. The van der Waals surface area contributed by atoms with Gasteiger partial charge in [-0.1, -0.05) is 0 Å². The van der Waals surface area contributed by atoms with Crippen LogP contribution in [0.2, 0.25) is 0 Å². The molecule has 0 aromatic carbocycles. The van der Waals surface area contributed by atoms with Crippen LogP contribution >= 0.6 is 0 Å². The van der Waals surface area contributed by atoms with Gasteiger partial charge in [0.2, 0.25) is 0 Å². The summed E-state index contributed by atoms with van der Waals surface area (Å²) in [4.78, 5) is 22.9. The average molecular weight is 214 g/mol. The van der Waals surface area contributed by atoms with Crippen molar-refractivity contribution in [3.05, 3.63) is 26.4 Å². The molecule has 0 radical (unpaired) electrons. The first-order chi connectivity index (χ1) is 6.73. The zero-order valence-electron chi connectivity index (χ0n) is 8.50. The molecule has 0 aliphatic carbocycles. The van der Waals surface area contributed by atoms with Gasteiger partial charge in [-0.05, 0) is 35.6 Å². The van der Waals surface area contributed by atoms with Gasteiger partial charge in [0, 0.05) is 0 Å². The number of rotatable bonds is 2. The van der Waals surface area contributed by atoms with Crippen molar-refractivity contribution in [2.75, 3.05) is 0 Å². The smallest absolute Gasteiger partial charge is 0.390 e. The highest BCUT2D eigenvalue weighted by Crippen LogP contribution is 2.25. The Balaban J connectivity index is 3.37. The van der Waals surface area contributed by atoms with E-state index in [1.165, 1.54) is 4.57 Å². The van der Waals surface area contributed by atoms with E-state index in [1.807, 2.05) is 0 Å². The first kappa shape index (κ1) is 11.1. The molecule has 0 aliphatic heterocycles. The Morgan fingerprint density at radius 3 is 2.07 bits per heavy atom. The van der Waals surface area contributed by atoms with E-state index in [-0.39, 0.29) is 0 Å². The van der Waals surface area contributed by atoms with Crippen molar-refractivity contribution >= 4 is 11.8 Å². The number of imidazole rings is 1. The highest BCUT2D eigenvalue weighted by Gasteiger charge is 2.30. The molecule has 1 aromatic rings. The predicted molar refractivity (Wildman–Crippen MR) is 50.5 cm³/mol. The molecule has 0 saturated carbocycles. The Bertz CT molecular complexity index is 417. The quantitative estimate of drug-likeness (QED) is 0.547. The maximum absolute atomic E-state index is 10.6. The van der Waals surface area contributed by atoms with Gasteiger partial charge >= 0.3 is 11.8 Å². The van der Waals surface area contributed by atoms with Crippen LogP contribution in [0.25, 0.3) is 0 Å². The van der Waals surface area contributed by atoms with Crippen LogP contribution in [0, 0.1) is 20.2 Å². The molecule has 82 valence electrons. The Kier molecular flexibility index (Phi) is 2.44. The largest absolute Gasteiger partial charge is 0.439 e. The Hall–Kier alpha value is -1.99. The van der Waals surface area contributed by atoms with Crippen LogP contribution in [0.5, 0.6) is 0 Å². The lowest BCUT2D eigenvalue weighted by atomic mass is 10.1. The number of nitro groups is 2. The molecule has 0 aliphatic rings.